The summed E-state index contributed by atoms with van der Waals surface area (Å²) < 4.78 is 34.0. The molecule has 0 heterocycles. The second kappa shape index (κ2) is 13.0. The Morgan fingerprint density at radius 1 is 0.975 bits per heavy atom. The maximum Gasteiger partial charge on any atom is 0.264 e. The summed E-state index contributed by atoms with van der Waals surface area (Å²) in [5.41, 5.74) is 2.24. The van der Waals surface area contributed by atoms with Crippen LogP contribution in [0.5, 0.6) is 5.75 Å². The monoisotopic (exact) mass is 563 g/mol. The minimum Gasteiger partial charge on any atom is -0.497 e. The molecule has 1 fully saturated rings. The van der Waals surface area contributed by atoms with Gasteiger partial charge in [-0.1, -0.05) is 60.9 Å². The Labute approximate surface area is 237 Å². The van der Waals surface area contributed by atoms with Gasteiger partial charge in [0.05, 0.1) is 17.7 Å². The number of benzene rings is 3. The van der Waals surface area contributed by atoms with E-state index in [4.69, 9.17) is 4.74 Å². The van der Waals surface area contributed by atoms with Crippen molar-refractivity contribution in [1.82, 2.24) is 10.2 Å². The largest absolute Gasteiger partial charge is 0.497 e. The van der Waals surface area contributed by atoms with Crippen LogP contribution in [0.3, 0.4) is 0 Å². The molecule has 0 radical (unpaired) electrons. The van der Waals surface area contributed by atoms with Crippen molar-refractivity contribution in [2.45, 2.75) is 63.1 Å². The lowest BCUT2D eigenvalue weighted by atomic mass is 10.1. The van der Waals surface area contributed by atoms with Gasteiger partial charge in [-0.2, -0.15) is 0 Å². The predicted molar refractivity (Wildman–Crippen MR) is 156 cm³/mol. The zero-order chi connectivity index (χ0) is 28.7. The van der Waals surface area contributed by atoms with Gasteiger partial charge in [-0.15, -0.1) is 0 Å². The van der Waals surface area contributed by atoms with Crippen molar-refractivity contribution in [3.63, 3.8) is 0 Å². The summed E-state index contributed by atoms with van der Waals surface area (Å²) in [5.74, 6) is -0.193. The number of nitrogens with one attached hydrogen (secondary N) is 1. The highest BCUT2D eigenvalue weighted by atomic mass is 32.2. The molecular weight excluding hydrogens is 526 g/mol. The zero-order valence-corrected chi connectivity index (χ0v) is 24.1. The van der Waals surface area contributed by atoms with Gasteiger partial charge in [0.25, 0.3) is 10.0 Å². The Morgan fingerprint density at radius 2 is 1.65 bits per heavy atom. The average Bonchev–Trinajstić information content (AvgIpc) is 3.47. The van der Waals surface area contributed by atoms with Crippen LogP contribution < -0.4 is 14.4 Å². The first-order valence-corrected chi connectivity index (χ1v) is 15.0. The SMILES string of the molecule is COc1ccc(S(=O)(=O)N(CC(=O)N(Cc2cccc(C)c2)C(C)C(=O)NC2CCCC2)c2ccccc2)cc1. The molecule has 8 nitrogen and oxygen atoms in total. The number of anilines is 1. The first-order chi connectivity index (χ1) is 19.2. The Hall–Kier alpha value is -3.85. The standard InChI is InChI=1S/C31H37N3O5S/c1-23-10-9-11-25(20-23)21-33(24(2)31(36)32-26-12-7-8-13-26)30(35)22-34(27-14-5-4-6-15-27)40(37,38)29-18-16-28(39-3)17-19-29/h4-6,9-11,14-20,24,26H,7-8,12-13,21-22H2,1-3H3,(H,32,36). The van der Waals surface area contributed by atoms with Crippen molar-refractivity contribution in [2.24, 2.45) is 0 Å². The molecule has 1 N–H and O–H groups in total. The molecule has 1 atom stereocenters. The minimum absolute atomic E-state index is 0.0298. The lowest BCUT2D eigenvalue weighted by Crippen LogP contribution is -2.52. The van der Waals surface area contributed by atoms with Gasteiger partial charge in [0.2, 0.25) is 11.8 Å². The van der Waals surface area contributed by atoms with Crippen LogP contribution in [0.2, 0.25) is 0 Å². The van der Waals surface area contributed by atoms with Crippen LogP contribution in [0, 0.1) is 6.92 Å². The lowest BCUT2D eigenvalue weighted by molar-refractivity contribution is -0.139. The molecule has 3 aromatic carbocycles. The molecule has 4 rings (SSSR count). The number of ether oxygens (including phenoxy) is 1. The van der Waals surface area contributed by atoms with Gasteiger partial charge in [-0.05, 0) is 68.7 Å². The molecule has 0 aromatic heterocycles. The lowest BCUT2D eigenvalue weighted by Gasteiger charge is -2.32. The summed E-state index contributed by atoms with van der Waals surface area (Å²) in [6, 6.07) is 21.6. The number of carbonyl (C=O) groups is 2. The normalized spacial score (nSPS) is 14.4. The molecule has 0 bridgehead atoms. The number of amides is 2. The minimum atomic E-state index is -4.12. The van der Waals surface area contributed by atoms with E-state index in [9.17, 15) is 18.0 Å². The quantitative estimate of drug-likeness (QED) is 0.366. The number of para-hydroxylation sites is 1. The van der Waals surface area contributed by atoms with E-state index in [1.54, 1.807) is 49.4 Å². The van der Waals surface area contributed by atoms with Gasteiger partial charge in [0, 0.05) is 12.6 Å². The van der Waals surface area contributed by atoms with Crippen molar-refractivity contribution in [2.75, 3.05) is 18.0 Å². The number of methoxy groups -OCH3 is 1. The fourth-order valence-electron chi connectivity index (χ4n) is 4.98. The average molecular weight is 564 g/mol. The van der Waals surface area contributed by atoms with E-state index in [0.717, 1.165) is 41.1 Å². The number of carbonyl (C=O) groups excluding carboxylic acids is 2. The number of hydrogen-bond donors (Lipinski definition) is 1. The second-order valence-electron chi connectivity index (χ2n) is 10.2. The van der Waals surface area contributed by atoms with Gasteiger partial charge < -0.3 is 15.0 Å². The number of aryl methyl sites for hydroxylation is 1. The van der Waals surface area contributed by atoms with Crippen LogP contribution in [0.15, 0.2) is 83.8 Å². The molecule has 9 heteroatoms. The summed E-state index contributed by atoms with van der Waals surface area (Å²) in [5, 5.41) is 3.09. The van der Waals surface area contributed by atoms with Crippen molar-refractivity contribution >= 4 is 27.5 Å². The third-order valence-electron chi connectivity index (χ3n) is 7.27. The van der Waals surface area contributed by atoms with Crippen molar-refractivity contribution in [3.05, 3.63) is 90.0 Å². The highest BCUT2D eigenvalue weighted by Gasteiger charge is 2.33. The van der Waals surface area contributed by atoms with Gasteiger partial charge in [-0.3, -0.25) is 13.9 Å². The van der Waals surface area contributed by atoms with Crippen LogP contribution in [0.1, 0.15) is 43.7 Å². The molecule has 0 saturated heterocycles. The highest BCUT2D eigenvalue weighted by molar-refractivity contribution is 7.92. The van der Waals surface area contributed by atoms with Crippen LogP contribution >= 0.6 is 0 Å². The molecular formula is C31H37N3O5S. The van der Waals surface area contributed by atoms with E-state index in [2.05, 4.69) is 5.32 Å². The molecule has 1 aliphatic carbocycles. The van der Waals surface area contributed by atoms with Gasteiger partial charge >= 0.3 is 0 Å². The molecule has 0 aliphatic heterocycles. The van der Waals surface area contributed by atoms with Crippen molar-refractivity contribution in [3.8, 4) is 5.75 Å². The summed E-state index contributed by atoms with van der Waals surface area (Å²) in [6.07, 6.45) is 3.99. The highest BCUT2D eigenvalue weighted by Crippen LogP contribution is 2.26. The smallest absolute Gasteiger partial charge is 0.264 e. The fraction of sp³-hybridized carbons (Fsp3) is 0.355. The van der Waals surface area contributed by atoms with E-state index in [-0.39, 0.29) is 23.4 Å². The number of hydrogen-bond acceptors (Lipinski definition) is 5. The molecule has 2 amide bonds. The van der Waals surface area contributed by atoms with Crippen LogP contribution in [-0.2, 0) is 26.2 Å². The zero-order valence-electron chi connectivity index (χ0n) is 23.2. The topological polar surface area (TPSA) is 96.0 Å². The maximum atomic E-state index is 14.0. The summed E-state index contributed by atoms with van der Waals surface area (Å²) >= 11 is 0. The molecule has 1 unspecified atom stereocenters. The van der Waals surface area contributed by atoms with Gasteiger partial charge in [0.15, 0.2) is 0 Å². The number of sulfonamides is 1. The third-order valence-corrected chi connectivity index (χ3v) is 9.06. The molecule has 1 saturated carbocycles. The van der Waals surface area contributed by atoms with E-state index in [1.165, 1.54) is 24.1 Å². The Kier molecular flexibility index (Phi) is 9.47. The summed E-state index contributed by atoms with van der Waals surface area (Å²) in [4.78, 5) is 28.8. The Morgan fingerprint density at radius 3 is 2.27 bits per heavy atom. The van der Waals surface area contributed by atoms with Crippen LogP contribution in [0.25, 0.3) is 0 Å². The number of nitrogens with zero attached hydrogens (tertiary/aromatic N) is 2. The number of rotatable bonds is 11. The van der Waals surface area contributed by atoms with E-state index >= 15 is 0 Å². The van der Waals surface area contributed by atoms with Crippen molar-refractivity contribution in [1.29, 1.82) is 0 Å². The Balaban J connectivity index is 1.66. The van der Waals surface area contributed by atoms with Crippen LogP contribution in [0.4, 0.5) is 5.69 Å². The maximum absolute atomic E-state index is 14.0. The van der Waals surface area contributed by atoms with Crippen LogP contribution in [-0.4, -0.2) is 50.9 Å². The van der Waals surface area contributed by atoms with Gasteiger partial charge in [-0.25, -0.2) is 8.42 Å². The molecule has 1 aliphatic rings. The van der Waals surface area contributed by atoms with E-state index in [0.29, 0.717) is 11.4 Å². The third kappa shape index (κ3) is 7.01. The summed E-state index contributed by atoms with van der Waals surface area (Å²) in [6.45, 7) is 3.36. The molecule has 212 valence electrons. The summed E-state index contributed by atoms with van der Waals surface area (Å²) in [7, 11) is -2.62. The second-order valence-corrected chi connectivity index (χ2v) is 12.1. The van der Waals surface area contributed by atoms with E-state index < -0.39 is 28.5 Å². The molecule has 0 spiro atoms. The fourth-order valence-corrected chi connectivity index (χ4v) is 6.39. The van der Waals surface area contributed by atoms with Gasteiger partial charge in [0.1, 0.15) is 18.3 Å². The Bertz CT molecular complexity index is 1400. The van der Waals surface area contributed by atoms with Crippen molar-refractivity contribution < 1.29 is 22.7 Å². The first-order valence-electron chi connectivity index (χ1n) is 13.6. The molecule has 3 aromatic rings. The van der Waals surface area contributed by atoms with E-state index in [1.807, 2.05) is 31.2 Å². The molecule has 40 heavy (non-hydrogen) atoms. The first kappa shape index (κ1) is 29.1. The predicted octanol–water partition coefficient (Wildman–Crippen LogP) is 4.68.